The Balaban J connectivity index is 1.35. The minimum Gasteiger partial charge on any atom is -0.481 e. The van der Waals surface area contributed by atoms with Crippen LogP contribution >= 0.6 is 0 Å². The first-order valence-electron chi connectivity index (χ1n) is 11.3. The molecule has 0 unspecified atom stereocenters. The predicted octanol–water partition coefficient (Wildman–Crippen LogP) is 6.00. The van der Waals surface area contributed by atoms with Gasteiger partial charge in [0.2, 0.25) is 0 Å². The first kappa shape index (κ1) is 20.6. The van der Waals surface area contributed by atoms with Crippen LogP contribution in [0.3, 0.4) is 0 Å². The van der Waals surface area contributed by atoms with Crippen LogP contribution in [0.25, 0.3) is 0 Å². The Bertz CT molecular complexity index is 504. The van der Waals surface area contributed by atoms with Crippen molar-refractivity contribution in [2.75, 3.05) is 13.2 Å². The third-order valence-corrected chi connectivity index (χ3v) is 7.19. The van der Waals surface area contributed by atoms with Crippen molar-refractivity contribution in [1.29, 1.82) is 0 Å². The lowest BCUT2D eigenvalue weighted by atomic mass is 9.78. The van der Waals surface area contributed by atoms with Gasteiger partial charge in [-0.15, -0.1) is 0 Å². The molecule has 3 rings (SSSR count). The van der Waals surface area contributed by atoms with Gasteiger partial charge in [0.25, 0.3) is 0 Å². The fourth-order valence-corrected chi connectivity index (χ4v) is 5.75. The summed E-state index contributed by atoms with van der Waals surface area (Å²) >= 11 is 0. The second-order valence-electron chi connectivity index (χ2n) is 9.02. The molecule has 4 atom stereocenters. The number of rotatable bonds is 11. The summed E-state index contributed by atoms with van der Waals surface area (Å²) in [7, 11) is 0. The van der Waals surface area contributed by atoms with Crippen molar-refractivity contribution in [3.8, 4) is 0 Å². The summed E-state index contributed by atoms with van der Waals surface area (Å²) in [6.45, 7) is 1.70. The number of carboxylic acids is 1. The lowest BCUT2D eigenvalue weighted by Gasteiger charge is -2.30. The fourth-order valence-electron chi connectivity index (χ4n) is 5.75. The molecule has 3 saturated carbocycles. The van der Waals surface area contributed by atoms with E-state index < -0.39 is 5.97 Å². The Labute approximate surface area is 165 Å². The molecule has 0 aliphatic heterocycles. The van der Waals surface area contributed by atoms with Gasteiger partial charge < -0.3 is 9.84 Å². The monoisotopic (exact) mass is 374 g/mol. The van der Waals surface area contributed by atoms with E-state index in [0.29, 0.717) is 0 Å². The van der Waals surface area contributed by atoms with Gasteiger partial charge in [-0.05, 0) is 81.0 Å². The van der Waals surface area contributed by atoms with E-state index in [2.05, 4.69) is 24.3 Å². The molecule has 0 saturated heterocycles. The standard InChI is InChI=1S/C24H38O3/c25-24(26)13-7-2-1-6-12-22-20-14-15-21(17-20)23(22)18-27-16-8-11-19-9-4-3-5-10-19/h1,6,8,11,19-23H,2-5,7,9-10,12-18H2,(H,25,26)/b6-1-,11-8+/t20-,21+,22-,23+/m0/s1. The Kier molecular flexibility index (Phi) is 8.44. The molecule has 1 N–H and O–H groups in total. The second-order valence-corrected chi connectivity index (χ2v) is 9.02. The first-order chi connectivity index (χ1) is 13.2. The summed E-state index contributed by atoms with van der Waals surface area (Å²) in [6.07, 6.45) is 23.4. The van der Waals surface area contributed by atoms with E-state index in [0.717, 1.165) is 62.1 Å². The summed E-state index contributed by atoms with van der Waals surface area (Å²) in [5.41, 5.74) is 0. The van der Waals surface area contributed by atoms with Gasteiger partial charge in [-0.25, -0.2) is 0 Å². The van der Waals surface area contributed by atoms with Crippen LogP contribution < -0.4 is 0 Å². The van der Waals surface area contributed by atoms with Crippen LogP contribution in [0.1, 0.15) is 77.0 Å². The number of carbonyl (C=O) groups is 1. The maximum atomic E-state index is 10.6. The summed E-state index contributed by atoms with van der Waals surface area (Å²) in [5.74, 6) is 3.39. The van der Waals surface area contributed by atoms with Crippen LogP contribution in [-0.2, 0) is 9.53 Å². The molecule has 3 aliphatic carbocycles. The molecule has 0 radical (unpaired) electrons. The fraction of sp³-hybridized carbons (Fsp3) is 0.792. The number of fused-ring (bicyclic) bond motifs is 2. The minimum absolute atomic E-state index is 0.281. The van der Waals surface area contributed by atoms with Crippen molar-refractivity contribution in [2.24, 2.45) is 29.6 Å². The number of ether oxygens (including phenoxy) is 1. The molecule has 0 aromatic heterocycles. The zero-order valence-electron chi connectivity index (χ0n) is 16.9. The molecule has 0 heterocycles. The maximum absolute atomic E-state index is 10.6. The van der Waals surface area contributed by atoms with Crippen LogP contribution in [0.2, 0.25) is 0 Å². The number of hydrogen-bond acceptors (Lipinski definition) is 2. The van der Waals surface area contributed by atoms with Crippen molar-refractivity contribution in [3.05, 3.63) is 24.3 Å². The SMILES string of the molecule is O=C(O)CCC/C=C\C[C@H]1[C@H]2CC[C@H](C2)[C@H]1COC/C=C/C1CCCCC1. The van der Waals surface area contributed by atoms with E-state index >= 15 is 0 Å². The summed E-state index contributed by atoms with van der Waals surface area (Å²) in [6, 6.07) is 0. The van der Waals surface area contributed by atoms with Gasteiger partial charge in [0.15, 0.2) is 0 Å². The zero-order chi connectivity index (χ0) is 18.9. The molecule has 152 valence electrons. The summed E-state index contributed by atoms with van der Waals surface area (Å²) < 4.78 is 6.09. The predicted molar refractivity (Wildman–Crippen MR) is 110 cm³/mol. The van der Waals surface area contributed by atoms with Gasteiger partial charge in [0, 0.05) is 6.42 Å². The molecule has 3 fully saturated rings. The van der Waals surface area contributed by atoms with Crippen LogP contribution in [-0.4, -0.2) is 24.3 Å². The molecule has 27 heavy (non-hydrogen) atoms. The number of hydrogen-bond donors (Lipinski definition) is 1. The molecule has 0 amide bonds. The molecular weight excluding hydrogens is 336 g/mol. The van der Waals surface area contributed by atoms with Gasteiger partial charge in [-0.2, -0.15) is 0 Å². The summed E-state index contributed by atoms with van der Waals surface area (Å²) in [5, 5.41) is 8.70. The van der Waals surface area contributed by atoms with Crippen molar-refractivity contribution in [1.82, 2.24) is 0 Å². The van der Waals surface area contributed by atoms with Gasteiger partial charge in [-0.3, -0.25) is 4.79 Å². The highest BCUT2D eigenvalue weighted by Crippen LogP contribution is 2.53. The number of allylic oxidation sites excluding steroid dienone is 3. The minimum atomic E-state index is -0.689. The largest absolute Gasteiger partial charge is 0.481 e. The van der Waals surface area contributed by atoms with Gasteiger partial charge in [0.05, 0.1) is 13.2 Å². The highest BCUT2D eigenvalue weighted by Gasteiger charge is 2.46. The number of carboxylic acid groups (broad SMARTS) is 1. The van der Waals surface area contributed by atoms with Gasteiger partial charge in [0.1, 0.15) is 0 Å². The molecule has 0 aromatic rings. The van der Waals surface area contributed by atoms with E-state index in [1.54, 1.807) is 0 Å². The third-order valence-electron chi connectivity index (χ3n) is 7.19. The van der Waals surface area contributed by atoms with Crippen molar-refractivity contribution in [2.45, 2.75) is 77.0 Å². The second kappa shape index (κ2) is 11.0. The van der Waals surface area contributed by atoms with E-state index in [1.807, 2.05) is 0 Å². The Hall–Kier alpha value is -1.09. The van der Waals surface area contributed by atoms with Crippen LogP contribution in [0.5, 0.6) is 0 Å². The Morgan fingerprint density at radius 3 is 2.52 bits per heavy atom. The molecule has 2 bridgehead atoms. The van der Waals surface area contributed by atoms with E-state index in [9.17, 15) is 4.79 Å². The Morgan fingerprint density at radius 1 is 0.963 bits per heavy atom. The molecule has 0 spiro atoms. The molecule has 3 nitrogen and oxygen atoms in total. The van der Waals surface area contributed by atoms with Crippen LogP contribution in [0, 0.1) is 29.6 Å². The Morgan fingerprint density at radius 2 is 1.74 bits per heavy atom. The van der Waals surface area contributed by atoms with Gasteiger partial charge in [-0.1, -0.05) is 43.6 Å². The lowest BCUT2D eigenvalue weighted by molar-refractivity contribution is -0.137. The third kappa shape index (κ3) is 6.48. The molecule has 3 heteroatoms. The average molecular weight is 375 g/mol. The molecular formula is C24H38O3. The average Bonchev–Trinajstić information content (AvgIpc) is 3.27. The quantitative estimate of drug-likeness (QED) is 0.356. The normalized spacial score (nSPS) is 31.4. The van der Waals surface area contributed by atoms with E-state index in [-0.39, 0.29) is 6.42 Å². The zero-order valence-corrected chi connectivity index (χ0v) is 16.9. The lowest BCUT2D eigenvalue weighted by Crippen LogP contribution is -2.26. The number of unbranched alkanes of at least 4 members (excludes halogenated alkanes) is 1. The first-order valence-corrected chi connectivity index (χ1v) is 11.3. The van der Waals surface area contributed by atoms with Crippen LogP contribution in [0.15, 0.2) is 24.3 Å². The van der Waals surface area contributed by atoms with Crippen molar-refractivity contribution in [3.63, 3.8) is 0 Å². The topological polar surface area (TPSA) is 46.5 Å². The highest BCUT2D eigenvalue weighted by molar-refractivity contribution is 5.66. The van der Waals surface area contributed by atoms with E-state index in [1.165, 1.54) is 51.4 Å². The maximum Gasteiger partial charge on any atom is 0.303 e. The van der Waals surface area contributed by atoms with E-state index in [4.69, 9.17) is 9.84 Å². The van der Waals surface area contributed by atoms with Crippen LogP contribution in [0.4, 0.5) is 0 Å². The molecule has 3 aliphatic rings. The van der Waals surface area contributed by atoms with Crippen molar-refractivity contribution < 1.29 is 14.6 Å². The smallest absolute Gasteiger partial charge is 0.303 e. The number of aliphatic carboxylic acids is 1. The summed E-state index contributed by atoms with van der Waals surface area (Å²) in [4.78, 5) is 10.6. The van der Waals surface area contributed by atoms with Gasteiger partial charge >= 0.3 is 5.97 Å². The molecule has 0 aromatic carbocycles. The highest BCUT2D eigenvalue weighted by atomic mass is 16.5. The van der Waals surface area contributed by atoms with Crippen molar-refractivity contribution >= 4 is 5.97 Å².